The standard InChI is InChI=1S/C22H19N3O2/c1-27-22(26)19-8-5-9-20(24)21(19)25-14-15-10-11-18(17(12-15)13-23)16-6-3-2-4-7-16/h2-12,25H,14,24H2,1H3. The second-order valence-electron chi connectivity index (χ2n) is 5.97. The summed E-state index contributed by atoms with van der Waals surface area (Å²) >= 11 is 0. The average molecular weight is 357 g/mol. The summed E-state index contributed by atoms with van der Waals surface area (Å²) in [6.07, 6.45) is 0. The van der Waals surface area contributed by atoms with Gasteiger partial charge in [0, 0.05) is 6.54 Å². The van der Waals surface area contributed by atoms with Gasteiger partial charge in [0.2, 0.25) is 0 Å². The van der Waals surface area contributed by atoms with Crippen LogP contribution in [-0.2, 0) is 11.3 Å². The first-order valence-corrected chi connectivity index (χ1v) is 8.43. The number of nitrogens with two attached hydrogens (primary N) is 1. The van der Waals surface area contributed by atoms with Crippen molar-refractivity contribution in [3.05, 3.63) is 83.4 Å². The zero-order chi connectivity index (χ0) is 19.2. The maximum Gasteiger partial charge on any atom is 0.340 e. The van der Waals surface area contributed by atoms with Crippen LogP contribution in [0.4, 0.5) is 11.4 Å². The summed E-state index contributed by atoms with van der Waals surface area (Å²) in [6.45, 7) is 0.419. The predicted octanol–water partition coefficient (Wildman–Crippen LogP) is 4.21. The van der Waals surface area contributed by atoms with Crippen LogP contribution < -0.4 is 11.1 Å². The smallest absolute Gasteiger partial charge is 0.340 e. The number of carbonyl (C=O) groups is 1. The van der Waals surface area contributed by atoms with Crippen molar-refractivity contribution < 1.29 is 9.53 Å². The molecule has 0 saturated carbocycles. The second-order valence-corrected chi connectivity index (χ2v) is 5.97. The van der Waals surface area contributed by atoms with E-state index in [1.165, 1.54) is 7.11 Å². The lowest BCUT2D eigenvalue weighted by Crippen LogP contribution is -2.10. The number of esters is 1. The van der Waals surface area contributed by atoms with Gasteiger partial charge in [0.15, 0.2) is 0 Å². The van der Waals surface area contributed by atoms with E-state index in [0.29, 0.717) is 29.0 Å². The molecule has 0 aliphatic carbocycles. The Labute approximate surface area is 158 Å². The Hall–Kier alpha value is -3.78. The van der Waals surface area contributed by atoms with Crippen molar-refractivity contribution in [1.29, 1.82) is 5.26 Å². The van der Waals surface area contributed by atoms with Crippen molar-refractivity contribution in [2.75, 3.05) is 18.2 Å². The molecule has 5 heteroatoms. The third kappa shape index (κ3) is 3.91. The number of rotatable bonds is 5. The molecule has 0 atom stereocenters. The number of nitrogens with zero attached hydrogens (tertiary/aromatic N) is 1. The average Bonchev–Trinajstić information content (AvgIpc) is 2.72. The summed E-state index contributed by atoms with van der Waals surface area (Å²) in [5.41, 5.74) is 10.7. The molecule has 5 nitrogen and oxygen atoms in total. The first kappa shape index (κ1) is 18.0. The Morgan fingerprint density at radius 3 is 2.59 bits per heavy atom. The third-order valence-corrected chi connectivity index (χ3v) is 4.26. The highest BCUT2D eigenvalue weighted by atomic mass is 16.5. The molecule has 134 valence electrons. The highest BCUT2D eigenvalue weighted by Gasteiger charge is 2.14. The van der Waals surface area contributed by atoms with E-state index in [1.54, 1.807) is 18.2 Å². The van der Waals surface area contributed by atoms with E-state index in [1.807, 2.05) is 48.5 Å². The molecule has 3 aromatic carbocycles. The van der Waals surface area contributed by atoms with Gasteiger partial charge in [-0.2, -0.15) is 5.26 Å². The second kappa shape index (κ2) is 8.07. The summed E-state index contributed by atoms with van der Waals surface area (Å²) < 4.78 is 4.81. The summed E-state index contributed by atoms with van der Waals surface area (Å²) in [4.78, 5) is 11.9. The van der Waals surface area contributed by atoms with Gasteiger partial charge in [0.25, 0.3) is 0 Å². The summed E-state index contributed by atoms with van der Waals surface area (Å²) in [5, 5.41) is 12.7. The first-order chi connectivity index (χ1) is 13.1. The van der Waals surface area contributed by atoms with Gasteiger partial charge in [0.05, 0.1) is 35.7 Å². The fourth-order valence-electron chi connectivity index (χ4n) is 2.90. The fraction of sp³-hybridized carbons (Fsp3) is 0.0909. The van der Waals surface area contributed by atoms with Gasteiger partial charge in [-0.05, 0) is 34.9 Å². The molecule has 0 fully saturated rings. The van der Waals surface area contributed by atoms with Crippen LogP contribution in [0.5, 0.6) is 0 Å². The van der Waals surface area contributed by atoms with E-state index in [2.05, 4.69) is 11.4 Å². The van der Waals surface area contributed by atoms with Gasteiger partial charge < -0.3 is 15.8 Å². The van der Waals surface area contributed by atoms with Gasteiger partial charge in [-0.15, -0.1) is 0 Å². The minimum atomic E-state index is -0.457. The number of carbonyl (C=O) groups excluding carboxylic acids is 1. The maximum absolute atomic E-state index is 11.9. The molecule has 0 unspecified atom stereocenters. The topological polar surface area (TPSA) is 88.1 Å². The number of ether oxygens (including phenoxy) is 1. The number of anilines is 2. The lowest BCUT2D eigenvalue weighted by molar-refractivity contribution is 0.0602. The van der Waals surface area contributed by atoms with Crippen LogP contribution in [0.2, 0.25) is 0 Å². The van der Waals surface area contributed by atoms with E-state index >= 15 is 0 Å². The molecule has 3 N–H and O–H groups in total. The normalized spacial score (nSPS) is 10.1. The lowest BCUT2D eigenvalue weighted by Gasteiger charge is -2.14. The number of para-hydroxylation sites is 1. The van der Waals surface area contributed by atoms with Crippen molar-refractivity contribution in [1.82, 2.24) is 0 Å². The van der Waals surface area contributed by atoms with Crippen LogP contribution in [-0.4, -0.2) is 13.1 Å². The molecule has 0 amide bonds. The molecule has 3 aromatic rings. The minimum absolute atomic E-state index is 0.374. The number of hydrogen-bond acceptors (Lipinski definition) is 5. The molecule has 0 saturated heterocycles. The Morgan fingerprint density at radius 2 is 1.89 bits per heavy atom. The van der Waals surface area contributed by atoms with Gasteiger partial charge in [-0.1, -0.05) is 48.5 Å². The molecule has 0 aromatic heterocycles. The molecule has 0 aliphatic heterocycles. The lowest BCUT2D eigenvalue weighted by atomic mass is 9.98. The van der Waals surface area contributed by atoms with E-state index in [4.69, 9.17) is 10.5 Å². The zero-order valence-corrected chi connectivity index (χ0v) is 14.9. The number of nitrogens with one attached hydrogen (secondary N) is 1. The third-order valence-electron chi connectivity index (χ3n) is 4.26. The van der Waals surface area contributed by atoms with Crippen LogP contribution in [0.25, 0.3) is 11.1 Å². The van der Waals surface area contributed by atoms with Crippen LogP contribution >= 0.6 is 0 Å². The van der Waals surface area contributed by atoms with Crippen LogP contribution in [0.3, 0.4) is 0 Å². The van der Waals surface area contributed by atoms with Crippen molar-refractivity contribution in [2.24, 2.45) is 0 Å². The molecular formula is C22H19N3O2. The maximum atomic E-state index is 11.9. The minimum Gasteiger partial charge on any atom is -0.465 e. The van der Waals surface area contributed by atoms with Gasteiger partial charge in [-0.25, -0.2) is 4.79 Å². The van der Waals surface area contributed by atoms with Gasteiger partial charge in [-0.3, -0.25) is 0 Å². The molecule has 0 spiro atoms. The molecule has 27 heavy (non-hydrogen) atoms. The zero-order valence-electron chi connectivity index (χ0n) is 14.9. The van der Waals surface area contributed by atoms with Gasteiger partial charge in [0.1, 0.15) is 0 Å². The van der Waals surface area contributed by atoms with E-state index in [0.717, 1.165) is 16.7 Å². The molecule has 0 bridgehead atoms. The van der Waals surface area contributed by atoms with Crippen molar-refractivity contribution in [3.8, 4) is 17.2 Å². The largest absolute Gasteiger partial charge is 0.465 e. The SMILES string of the molecule is COC(=O)c1cccc(N)c1NCc1ccc(-c2ccccc2)c(C#N)c1. The molecule has 0 radical (unpaired) electrons. The Kier molecular flexibility index (Phi) is 5.38. The fourth-order valence-corrected chi connectivity index (χ4v) is 2.90. The number of hydrogen-bond donors (Lipinski definition) is 2. The summed E-state index contributed by atoms with van der Waals surface area (Å²) in [7, 11) is 1.33. The van der Waals surface area contributed by atoms with Gasteiger partial charge >= 0.3 is 5.97 Å². The van der Waals surface area contributed by atoms with Crippen LogP contribution in [0, 0.1) is 11.3 Å². The number of nitrogen functional groups attached to an aromatic ring is 1. The summed E-state index contributed by atoms with van der Waals surface area (Å²) in [6, 6.07) is 22.8. The molecule has 0 heterocycles. The quantitative estimate of drug-likeness (QED) is 0.527. The first-order valence-electron chi connectivity index (χ1n) is 8.43. The number of nitriles is 1. The van der Waals surface area contributed by atoms with Crippen molar-refractivity contribution in [2.45, 2.75) is 6.54 Å². The number of benzene rings is 3. The highest BCUT2D eigenvalue weighted by molar-refractivity contribution is 5.98. The molecule has 3 rings (SSSR count). The van der Waals surface area contributed by atoms with Crippen LogP contribution in [0.15, 0.2) is 66.7 Å². The molecule has 0 aliphatic rings. The predicted molar refractivity (Wildman–Crippen MR) is 106 cm³/mol. The van der Waals surface area contributed by atoms with Crippen LogP contribution in [0.1, 0.15) is 21.5 Å². The van der Waals surface area contributed by atoms with Crippen molar-refractivity contribution in [3.63, 3.8) is 0 Å². The van der Waals surface area contributed by atoms with E-state index in [9.17, 15) is 10.1 Å². The Morgan fingerprint density at radius 1 is 1.11 bits per heavy atom. The van der Waals surface area contributed by atoms with E-state index < -0.39 is 5.97 Å². The van der Waals surface area contributed by atoms with E-state index in [-0.39, 0.29) is 0 Å². The molecular weight excluding hydrogens is 338 g/mol. The Balaban J connectivity index is 1.86. The number of methoxy groups -OCH3 is 1. The Bertz CT molecular complexity index is 1010. The van der Waals surface area contributed by atoms with Crippen molar-refractivity contribution >= 4 is 17.3 Å². The highest BCUT2D eigenvalue weighted by Crippen LogP contribution is 2.27. The monoisotopic (exact) mass is 357 g/mol. The summed E-state index contributed by atoms with van der Waals surface area (Å²) in [5.74, 6) is -0.457.